The fourth-order valence-corrected chi connectivity index (χ4v) is 2.44. The quantitative estimate of drug-likeness (QED) is 0.879. The first kappa shape index (κ1) is 17.7. The van der Waals surface area contributed by atoms with Gasteiger partial charge in [0.1, 0.15) is 5.82 Å². The molecule has 1 N–H and O–H groups in total. The van der Waals surface area contributed by atoms with E-state index in [4.69, 9.17) is 5.11 Å². The molecule has 2 rings (SSSR count). The molecule has 1 atom stereocenters. The summed E-state index contributed by atoms with van der Waals surface area (Å²) in [6, 6.07) is 12.6. The predicted octanol–water partition coefficient (Wildman–Crippen LogP) is 3.68. The summed E-state index contributed by atoms with van der Waals surface area (Å²) in [4.78, 5) is 24.8. The number of carboxylic acids is 1. The first-order chi connectivity index (χ1) is 11.4. The average molecular weight is 329 g/mol. The van der Waals surface area contributed by atoms with E-state index in [1.54, 1.807) is 36.2 Å². The average Bonchev–Trinajstić information content (AvgIpc) is 2.55. The number of benzene rings is 2. The maximum atomic E-state index is 12.9. The van der Waals surface area contributed by atoms with Crippen LogP contribution in [0.2, 0.25) is 0 Å². The Balaban J connectivity index is 1.93. The highest BCUT2D eigenvalue weighted by Crippen LogP contribution is 2.20. The molecule has 0 heterocycles. The summed E-state index contributed by atoms with van der Waals surface area (Å²) >= 11 is 0. The largest absolute Gasteiger partial charge is 0.478 e. The summed E-state index contributed by atoms with van der Waals surface area (Å²) < 4.78 is 12.9. The van der Waals surface area contributed by atoms with Crippen molar-refractivity contribution >= 4 is 11.9 Å². The topological polar surface area (TPSA) is 57.6 Å². The van der Waals surface area contributed by atoms with Crippen molar-refractivity contribution in [2.75, 3.05) is 7.05 Å². The third-order valence-corrected chi connectivity index (χ3v) is 3.97. The first-order valence-corrected chi connectivity index (χ1v) is 7.68. The molecule has 0 spiro atoms. The molecule has 1 unspecified atom stereocenters. The van der Waals surface area contributed by atoms with E-state index in [-0.39, 0.29) is 23.2 Å². The van der Waals surface area contributed by atoms with Crippen LogP contribution in [-0.4, -0.2) is 28.9 Å². The number of hydrogen-bond acceptors (Lipinski definition) is 2. The summed E-state index contributed by atoms with van der Waals surface area (Å²) in [7, 11) is 1.71. The molecule has 4 nitrogen and oxygen atoms in total. The molecule has 0 aliphatic rings. The summed E-state index contributed by atoms with van der Waals surface area (Å²) in [5.74, 6) is -1.29. The molecule has 24 heavy (non-hydrogen) atoms. The Morgan fingerprint density at radius 2 is 1.67 bits per heavy atom. The Hall–Kier alpha value is -2.69. The van der Waals surface area contributed by atoms with Gasteiger partial charge in [-0.25, -0.2) is 9.18 Å². The lowest BCUT2D eigenvalue weighted by Gasteiger charge is -2.20. The molecule has 0 saturated carbocycles. The Kier molecular flexibility index (Phi) is 5.68. The fraction of sp³-hybridized carbons (Fsp3) is 0.263. The molecule has 5 heteroatoms. The zero-order valence-corrected chi connectivity index (χ0v) is 13.7. The molecule has 0 bridgehead atoms. The van der Waals surface area contributed by atoms with Gasteiger partial charge < -0.3 is 10.0 Å². The normalized spacial score (nSPS) is 11.8. The molecule has 1 amide bonds. The van der Waals surface area contributed by atoms with Crippen molar-refractivity contribution < 1.29 is 19.1 Å². The lowest BCUT2D eigenvalue weighted by molar-refractivity contribution is -0.130. The smallest absolute Gasteiger partial charge is 0.335 e. The van der Waals surface area contributed by atoms with E-state index in [1.165, 1.54) is 24.3 Å². The highest BCUT2D eigenvalue weighted by Gasteiger charge is 2.15. The number of carbonyl (C=O) groups excluding carboxylic acids is 1. The van der Waals surface area contributed by atoms with Gasteiger partial charge >= 0.3 is 5.97 Å². The van der Waals surface area contributed by atoms with E-state index >= 15 is 0 Å². The second-order valence-corrected chi connectivity index (χ2v) is 5.91. The monoisotopic (exact) mass is 329 g/mol. The minimum absolute atomic E-state index is 0.00469. The van der Waals surface area contributed by atoms with Gasteiger partial charge in [0.2, 0.25) is 5.91 Å². The molecule has 0 aliphatic carbocycles. The predicted molar refractivity (Wildman–Crippen MR) is 89.3 cm³/mol. The van der Waals surface area contributed by atoms with Gasteiger partial charge in [-0.15, -0.1) is 0 Å². The molecule has 0 radical (unpaired) electrons. The molecular formula is C19H20FNO3. The van der Waals surface area contributed by atoms with Gasteiger partial charge in [0, 0.05) is 20.0 Å². The maximum absolute atomic E-state index is 12.9. The minimum Gasteiger partial charge on any atom is -0.478 e. The van der Waals surface area contributed by atoms with Crippen LogP contribution in [0.3, 0.4) is 0 Å². The van der Waals surface area contributed by atoms with E-state index < -0.39 is 5.97 Å². The highest BCUT2D eigenvalue weighted by molar-refractivity contribution is 5.87. The second-order valence-electron chi connectivity index (χ2n) is 5.91. The lowest BCUT2D eigenvalue weighted by atomic mass is 9.97. The van der Waals surface area contributed by atoms with Gasteiger partial charge in [-0.05, 0) is 41.3 Å². The number of hydrogen-bond donors (Lipinski definition) is 1. The molecule has 126 valence electrons. The summed E-state index contributed by atoms with van der Waals surface area (Å²) in [6.07, 6.45) is 0.329. The zero-order valence-electron chi connectivity index (χ0n) is 13.7. The lowest BCUT2D eigenvalue weighted by Crippen LogP contribution is -2.27. The molecule has 0 aromatic heterocycles. The van der Waals surface area contributed by atoms with Crippen molar-refractivity contribution in [3.8, 4) is 0 Å². The van der Waals surface area contributed by atoms with Crippen LogP contribution >= 0.6 is 0 Å². The third kappa shape index (κ3) is 4.65. The molecule has 2 aromatic carbocycles. The fourth-order valence-electron chi connectivity index (χ4n) is 2.44. The van der Waals surface area contributed by atoms with Crippen LogP contribution in [0.5, 0.6) is 0 Å². The van der Waals surface area contributed by atoms with E-state index in [2.05, 4.69) is 0 Å². The van der Waals surface area contributed by atoms with E-state index in [0.29, 0.717) is 13.0 Å². The van der Waals surface area contributed by atoms with E-state index in [0.717, 1.165) is 11.1 Å². The van der Waals surface area contributed by atoms with Crippen LogP contribution in [0, 0.1) is 5.82 Å². The number of carbonyl (C=O) groups is 2. The third-order valence-electron chi connectivity index (χ3n) is 3.97. The van der Waals surface area contributed by atoms with Crippen LogP contribution in [-0.2, 0) is 11.3 Å². The van der Waals surface area contributed by atoms with Gasteiger partial charge in [0.05, 0.1) is 5.56 Å². The standard InChI is InChI=1S/C19H20FNO3/c1-13(15-7-9-17(20)10-8-15)11-18(22)21(2)12-14-3-5-16(6-4-14)19(23)24/h3-10,13H,11-12H2,1-2H3,(H,23,24). The summed E-state index contributed by atoms with van der Waals surface area (Å²) in [5.41, 5.74) is 2.01. The Morgan fingerprint density at radius 1 is 1.08 bits per heavy atom. The van der Waals surface area contributed by atoms with Gasteiger partial charge in [-0.2, -0.15) is 0 Å². The van der Waals surface area contributed by atoms with Crippen molar-refractivity contribution in [1.29, 1.82) is 0 Å². The van der Waals surface area contributed by atoms with Crippen molar-refractivity contribution in [2.45, 2.75) is 25.8 Å². The van der Waals surface area contributed by atoms with Crippen molar-refractivity contribution in [1.82, 2.24) is 4.90 Å². The maximum Gasteiger partial charge on any atom is 0.335 e. The van der Waals surface area contributed by atoms with Crippen molar-refractivity contribution in [2.24, 2.45) is 0 Å². The number of aromatic carboxylic acids is 1. The minimum atomic E-state index is -0.973. The Bertz CT molecular complexity index is 710. The van der Waals surface area contributed by atoms with E-state index in [9.17, 15) is 14.0 Å². The first-order valence-electron chi connectivity index (χ1n) is 7.68. The van der Waals surface area contributed by atoms with Crippen molar-refractivity contribution in [3.05, 3.63) is 71.0 Å². The van der Waals surface area contributed by atoms with E-state index in [1.807, 2.05) is 6.92 Å². The molecule has 0 fully saturated rings. The Labute approximate surface area is 140 Å². The number of amides is 1. The number of halogens is 1. The Morgan fingerprint density at radius 3 is 2.21 bits per heavy atom. The number of nitrogens with zero attached hydrogens (tertiary/aromatic N) is 1. The summed E-state index contributed by atoms with van der Waals surface area (Å²) in [5, 5.41) is 8.88. The van der Waals surface area contributed by atoms with Crippen LogP contribution in [0.4, 0.5) is 4.39 Å². The molecule has 0 aliphatic heterocycles. The van der Waals surface area contributed by atoms with Crippen LogP contribution in [0.1, 0.15) is 40.7 Å². The molecule has 2 aromatic rings. The highest BCUT2D eigenvalue weighted by atomic mass is 19.1. The zero-order chi connectivity index (χ0) is 17.7. The van der Waals surface area contributed by atoms with Gasteiger partial charge in [0.15, 0.2) is 0 Å². The second kappa shape index (κ2) is 7.73. The molecular weight excluding hydrogens is 309 g/mol. The van der Waals surface area contributed by atoms with Crippen LogP contribution < -0.4 is 0 Å². The molecule has 0 saturated heterocycles. The van der Waals surface area contributed by atoms with Gasteiger partial charge in [0.25, 0.3) is 0 Å². The van der Waals surface area contributed by atoms with Crippen LogP contribution in [0.15, 0.2) is 48.5 Å². The SMILES string of the molecule is CC(CC(=O)N(C)Cc1ccc(C(=O)O)cc1)c1ccc(F)cc1. The van der Waals surface area contributed by atoms with Gasteiger partial charge in [-0.1, -0.05) is 31.2 Å². The summed E-state index contributed by atoms with van der Waals surface area (Å²) in [6.45, 7) is 2.34. The number of rotatable bonds is 6. The number of carboxylic acid groups (broad SMARTS) is 1. The van der Waals surface area contributed by atoms with Crippen LogP contribution in [0.25, 0.3) is 0 Å². The van der Waals surface area contributed by atoms with Gasteiger partial charge in [-0.3, -0.25) is 4.79 Å². The van der Waals surface area contributed by atoms with Crippen molar-refractivity contribution in [3.63, 3.8) is 0 Å².